The Hall–Kier alpha value is -1.06. The Morgan fingerprint density at radius 2 is 1.67 bits per heavy atom. The molecule has 1 aliphatic rings. The van der Waals surface area contributed by atoms with Crippen LogP contribution in [0.3, 0.4) is 0 Å². The minimum absolute atomic E-state index is 0.0990. The van der Waals surface area contributed by atoms with Crippen LogP contribution in [0.4, 0.5) is 0 Å². The molecule has 0 unspecified atom stereocenters. The summed E-state index contributed by atoms with van der Waals surface area (Å²) in [5, 5.41) is 12.0. The molecule has 4 heteroatoms. The van der Waals surface area contributed by atoms with Crippen molar-refractivity contribution in [2.24, 2.45) is 5.16 Å². The van der Waals surface area contributed by atoms with Gasteiger partial charge in [0.15, 0.2) is 0 Å². The van der Waals surface area contributed by atoms with E-state index in [1.54, 1.807) is 0 Å². The first-order valence-corrected chi connectivity index (χ1v) is 5.68. The highest BCUT2D eigenvalue weighted by atomic mass is 16.5. The maximum absolute atomic E-state index is 11.1. The van der Waals surface area contributed by atoms with Crippen LogP contribution in [0.2, 0.25) is 0 Å². The molecule has 1 N–H and O–H groups in total. The van der Waals surface area contributed by atoms with Gasteiger partial charge in [0, 0.05) is 6.42 Å². The number of carbonyl (C=O) groups excluding carboxylic acids is 1. The zero-order valence-corrected chi connectivity index (χ0v) is 9.07. The third-order valence-corrected chi connectivity index (χ3v) is 2.61. The molecule has 0 atom stereocenters. The SMILES string of the molecule is O=C1CCCCCC/C(=N\O)CCCO1. The topological polar surface area (TPSA) is 58.9 Å². The predicted octanol–water partition coefficient (Wildman–Crippen LogP) is 2.49. The summed E-state index contributed by atoms with van der Waals surface area (Å²) in [6, 6.07) is 0. The fraction of sp³-hybridized carbons (Fsp3) is 0.818. The number of ether oxygens (including phenoxy) is 1. The molecule has 0 spiro atoms. The normalized spacial score (nSPS) is 24.0. The number of hydrogen-bond donors (Lipinski definition) is 1. The first-order valence-electron chi connectivity index (χ1n) is 5.68. The Morgan fingerprint density at radius 1 is 1.00 bits per heavy atom. The van der Waals surface area contributed by atoms with Crippen LogP contribution < -0.4 is 0 Å². The van der Waals surface area contributed by atoms with Crippen LogP contribution >= 0.6 is 0 Å². The summed E-state index contributed by atoms with van der Waals surface area (Å²) in [5.74, 6) is -0.0990. The van der Waals surface area contributed by atoms with E-state index in [1.165, 1.54) is 0 Å². The Morgan fingerprint density at radius 3 is 2.40 bits per heavy atom. The zero-order valence-electron chi connectivity index (χ0n) is 9.07. The number of rotatable bonds is 0. The number of cyclic esters (lactones) is 1. The molecule has 0 aromatic carbocycles. The van der Waals surface area contributed by atoms with E-state index >= 15 is 0 Å². The van der Waals surface area contributed by atoms with Gasteiger partial charge < -0.3 is 9.94 Å². The largest absolute Gasteiger partial charge is 0.466 e. The highest BCUT2D eigenvalue weighted by Gasteiger charge is 2.06. The molecule has 0 aromatic heterocycles. The molecule has 0 saturated carbocycles. The Balaban J connectivity index is 2.34. The number of oxime groups is 1. The van der Waals surface area contributed by atoms with E-state index < -0.39 is 0 Å². The molecule has 1 heterocycles. The number of hydrogen-bond acceptors (Lipinski definition) is 4. The van der Waals surface area contributed by atoms with Crippen molar-refractivity contribution < 1.29 is 14.7 Å². The second kappa shape index (κ2) is 7.26. The molecule has 0 radical (unpaired) electrons. The van der Waals surface area contributed by atoms with Gasteiger partial charge in [-0.25, -0.2) is 0 Å². The van der Waals surface area contributed by atoms with Crippen molar-refractivity contribution in [2.45, 2.75) is 51.4 Å². The first-order chi connectivity index (χ1) is 7.33. The Labute approximate surface area is 90.3 Å². The van der Waals surface area contributed by atoms with Crippen molar-refractivity contribution in [3.8, 4) is 0 Å². The van der Waals surface area contributed by atoms with Gasteiger partial charge in [0.2, 0.25) is 0 Å². The van der Waals surface area contributed by atoms with Crippen LogP contribution in [0.5, 0.6) is 0 Å². The molecule has 1 aliphatic heterocycles. The number of carbonyl (C=O) groups is 1. The first kappa shape index (κ1) is 12.0. The van der Waals surface area contributed by atoms with Crippen molar-refractivity contribution in [2.75, 3.05) is 6.61 Å². The van der Waals surface area contributed by atoms with Crippen molar-refractivity contribution in [1.82, 2.24) is 0 Å². The summed E-state index contributed by atoms with van der Waals surface area (Å²) in [4.78, 5) is 11.1. The van der Waals surface area contributed by atoms with Crippen molar-refractivity contribution >= 4 is 11.7 Å². The van der Waals surface area contributed by atoms with E-state index in [2.05, 4.69) is 5.16 Å². The average molecular weight is 213 g/mol. The fourth-order valence-corrected chi connectivity index (χ4v) is 1.71. The molecule has 86 valence electrons. The molecule has 1 saturated heterocycles. The van der Waals surface area contributed by atoms with Crippen LogP contribution in [0, 0.1) is 0 Å². The van der Waals surface area contributed by atoms with Crippen molar-refractivity contribution in [1.29, 1.82) is 0 Å². The summed E-state index contributed by atoms with van der Waals surface area (Å²) < 4.78 is 5.03. The summed E-state index contributed by atoms with van der Waals surface area (Å²) >= 11 is 0. The van der Waals surface area contributed by atoms with Gasteiger partial charge in [-0.15, -0.1) is 0 Å². The number of nitrogens with zero attached hydrogens (tertiary/aromatic N) is 1. The second-order valence-electron chi connectivity index (χ2n) is 3.90. The molecule has 1 fully saturated rings. The maximum Gasteiger partial charge on any atom is 0.305 e. The monoisotopic (exact) mass is 213 g/mol. The molecule has 15 heavy (non-hydrogen) atoms. The molecule has 0 amide bonds. The fourth-order valence-electron chi connectivity index (χ4n) is 1.71. The standard InChI is InChI=1S/C11H19NO3/c13-11-8-4-2-1-3-6-10(12-14)7-5-9-15-11/h14H,1-9H2/b12-10+. The zero-order chi connectivity index (χ0) is 10.9. The molecule has 0 bridgehead atoms. The quantitative estimate of drug-likeness (QED) is 0.382. The number of esters is 1. The van der Waals surface area contributed by atoms with Gasteiger partial charge in [0.05, 0.1) is 12.3 Å². The van der Waals surface area contributed by atoms with Crippen LogP contribution in [0.1, 0.15) is 51.4 Å². The summed E-state index contributed by atoms with van der Waals surface area (Å²) in [5.41, 5.74) is 0.826. The predicted molar refractivity (Wildman–Crippen MR) is 57.1 cm³/mol. The summed E-state index contributed by atoms with van der Waals surface area (Å²) in [6.07, 6.45) is 6.99. The van der Waals surface area contributed by atoms with E-state index in [4.69, 9.17) is 9.94 Å². The van der Waals surface area contributed by atoms with Crippen LogP contribution in [0.25, 0.3) is 0 Å². The second-order valence-corrected chi connectivity index (χ2v) is 3.90. The van der Waals surface area contributed by atoms with E-state index in [-0.39, 0.29) is 5.97 Å². The molecular formula is C11H19NO3. The third-order valence-electron chi connectivity index (χ3n) is 2.61. The molecule has 1 rings (SSSR count). The molecule has 4 nitrogen and oxygen atoms in total. The van der Waals surface area contributed by atoms with E-state index in [0.717, 1.165) is 50.7 Å². The molecule has 0 aromatic rings. The van der Waals surface area contributed by atoms with Gasteiger partial charge in [0.25, 0.3) is 0 Å². The van der Waals surface area contributed by atoms with Gasteiger partial charge in [-0.1, -0.05) is 18.0 Å². The van der Waals surface area contributed by atoms with Gasteiger partial charge in [0.1, 0.15) is 0 Å². The lowest BCUT2D eigenvalue weighted by molar-refractivity contribution is -0.143. The average Bonchev–Trinajstić information content (AvgIpc) is 2.23. The van der Waals surface area contributed by atoms with Crippen LogP contribution in [-0.2, 0) is 9.53 Å². The minimum atomic E-state index is -0.0990. The van der Waals surface area contributed by atoms with E-state index in [0.29, 0.717) is 13.0 Å². The van der Waals surface area contributed by atoms with Crippen molar-refractivity contribution in [3.63, 3.8) is 0 Å². The van der Waals surface area contributed by atoms with Gasteiger partial charge >= 0.3 is 5.97 Å². The summed E-state index contributed by atoms with van der Waals surface area (Å²) in [7, 11) is 0. The van der Waals surface area contributed by atoms with Crippen molar-refractivity contribution in [3.05, 3.63) is 0 Å². The Bertz CT molecular complexity index is 226. The lowest BCUT2D eigenvalue weighted by atomic mass is 10.1. The lowest BCUT2D eigenvalue weighted by Gasteiger charge is -2.08. The third kappa shape index (κ3) is 5.40. The van der Waals surface area contributed by atoms with Crippen LogP contribution in [0.15, 0.2) is 5.16 Å². The van der Waals surface area contributed by atoms with Gasteiger partial charge in [-0.05, 0) is 32.1 Å². The highest BCUT2D eigenvalue weighted by molar-refractivity contribution is 5.83. The highest BCUT2D eigenvalue weighted by Crippen LogP contribution is 2.10. The lowest BCUT2D eigenvalue weighted by Crippen LogP contribution is -2.08. The van der Waals surface area contributed by atoms with E-state index in [9.17, 15) is 4.79 Å². The minimum Gasteiger partial charge on any atom is -0.466 e. The van der Waals surface area contributed by atoms with Crippen LogP contribution in [-0.4, -0.2) is 23.5 Å². The van der Waals surface area contributed by atoms with E-state index in [1.807, 2.05) is 0 Å². The maximum atomic E-state index is 11.1. The molecule has 0 aliphatic carbocycles. The van der Waals surface area contributed by atoms with Gasteiger partial charge in [-0.2, -0.15) is 0 Å². The summed E-state index contributed by atoms with van der Waals surface area (Å²) in [6.45, 7) is 0.442. The van der Waals surface area contributed by atoms with Gasteiger partial charge in [-0.3, -0.25) is 4.79 Å². The smallest absolute Gasteiger partial charge is 0.305 e. The molecular weight excluding hydrogens is 194 g/mol. The Kier molecular flexibility index (Phi) is 5.81.